The highest BCUT2D eigenvalue weighted by Gasteiger charge is 2.30. The van der Waals surface area contributed by atoms with Gasteiger partial charge in [0.05, 0.1) is 6.61 Å². The summed E-state index contributed by atoms with van der Waals surface area (Å²) in [7, 11) is 1.67. The number of nitrogens with zero attached hydrogens (tertiary/aromatic N) is 1. The summed E-state index contributed by atoms with van der Waals surface area (Å²) in [5, 5.41) is 3.10. The maximum Gasteiger partial charge on any atom is 0.251 e. The number of carbonyl (C=O) groups excluding carboxylic acids is 1. The largest absolute Gasteiger partial charge is 0.380 e. The van der Waals surface area contributed by atoms with Gasteiger partial charge in [-0.25, -0.2) is 0 Å². The molecule has 0 aliphatic carbocycles. The molecule has 1 heterocycles. The van der Waals surface area contributed by atoms with Crippen molar-refractivity contribution in [3.05, 3.63) is 70.8 Å². The highest BCUT2D eigenvalue weighted by Crippen LogP contribution is 2.25. The molecule has 0 aromatic heterocycles. The van der Waals surface area contributed by atoms with Crippen LogP contribution in [0.5, 0.6) is 0 Å². The lowest BCUT2D eigenvalue weighted by Crippen LogP contribution is -2.53. The number of benzene rings is 2. The minimum Gasteiger partial charge on any atom is -0.380 e. The van der Waals surface area contributed by atoms with Crippen LogP contribution in [0.1, 0.15) is 40.9 Å². The first kappa shape index (κ1) is 18.6. The Kier molecular flexibility index (Phi) is 5.74. The van der Waals surface area contributed by atoms with E-state index in [2.05, 4.69) is 48.3 Å². The van der Waals surface area contributed by atoms with Gasteiger partial charge in [0.25, 0.3) is 5.91 Å². The number of hydrogen-bond acceptors (Lipinski definition) is 3. The number of nitrogens with one attached hydrogen (secondary N) is 1. The van der Waals surface area contributed by atoms with E-state index < -0.39 is 0 Å². The van der Waals surface area contributed by atoms with Crippen LogP contribution in [-0.2, 0) is 24.3 Å². The zero-order chi connectivity index (χ0) is 18.6. The molecule has 4 heteroatoms. The normalized spacial score (nSPS) is 14.7. The molecular formula is C22H28N2O2. The third-order valence-corrected chi connectivity index (χ3v) is 5.20. The summed E-state index contributed by atoms with van der Waals surface area (Å²) < 4.78 is 5.11. The van der Waals surface area contributed by atoms with Gasteiger partial charge in [0.15, 0.2) is 0 Å². The van der Waals surface area contributed by atoms with Crippen LogP contribution in [0.2, 0.25) is 0 Å². The lowest BCUT2D eigenvalue weighted by molar-refractivity contribution is 0.0826. The summed E-state index contributed by atoms with van der Waals surface area (Å²) >= 11 is 0. The molecule has 138 valence electrons. The van der Waals surface area contributed by atoms with Crippen LogP contribution in [0.3, 0.4) is 0 Å². The van der Waals surface area contributed by atoms with E-state index in [0.29, 0.717) is 18.7 Å². The van der Waals surface area contributed by atoms with Gasteiger partial charge in [0.2, 0.25) is 0 Å². The summed E-state index contributed by atoms with van der Waals surface area (Å²) in [4.78, 5) is 14.9. The molecule has 1 N–H and O–H groups in total. The van der Waals surface area contributed by atoms with Crippen molar-refractivity contribution in [2.24, 2.45) is 0 Å². The van der Waals surface area contributed by atoms with E-state index in [4.69, 9.17) is 4.74 Å². The van der Waals surface area contributed by atoms with E-state index in [1.54, 1.807) is 7.11 Å². The molecule has 2 aromatic carbocycles. The van der Waals surface area contributed by atoms with Crippen LogP contribution < -0.4 is 5.32 Å². The summed E-state index contributed by atoms with van der Waals surface area (Å²) in [6, 6.07) is 16.2. The molecule has 0 saturated carbocycles. The van der Waals surface area contributed by atoms with Gasteiger partial charge in [-0.1, -0.05) is 36.4 Å². The Balaban J connectivity index is 1.58. The number of rotatable bonds is 6. The van der Waals surface area contributed by atoms with Crippen LogP contribution in [0.25, 0.3) is 0 Å². The molecule has 0 radical (unpaired) electrons. The lowest BCUT2D eigenvalue weighted by atomic mass is 9.94. The van der Waals surface area contributed by atoms with Gasteiger partial charge in [0.1, 0.15) is 0 Å². The minimum atomic E-state index is -0.0980. The van der Waals surface area contributed by atoms with E-state index in [1.165, 1.54) is 11.1 Å². The predicted octanol–water partition coefficient (Wildman–Crippen LogP) is 3.40. The average molecular weight is 352 g/mol. The number of carbonyl (C=O) groups is 1. The third kappa shape index (κ3) is 4.32. The van der Waals surface area contributed by atoms with E-state index in [9.17, 15) is 4.79 Å². The van der Waals surface area contributed by atoms with Crippen molar-refractivity contribution < 1.29 is 9.53 Å². The smallest absolute Gasteiger partial charge is 0.251 e. The van der Waals surface area contributed by atoms with Crippen LogP contribution >= 0.6 is 0 Å². The quantitative estimate of drug-likeness (QED) is 0.866. The summed E-state index contributed by atoms with van der Waals surface area (Å²) in [5.74, 6) is -0.0283. The molecular weight excluding hydrogens is 324 g/mol. The highest BCUT2D eigenvalue weighted by atomic mass is 16.5. The van der Waals surface area contributed by atoms with Gasteiger partial charge in [-0.15, -0.1) is 0 Å². The molecule has 4 nitrogen and oxygen atoms in total. The molecule has 0 fully saturated rings. The molecule has 1 amide bonds. The zero-order valence-corrected chi connectivity index (χ0v) is 15.9. The molecule has 0 saturated heterocycles. The van der Waals surface area contributed by atoms with Crippen LogP contribution in [-0.4, -0.2) is 36.5 Å². The Morgan fingerprint density at radius 3 is 2.50 bits per heavy atom. The maximum absolute atomic E-state index is 12.5. The van der Waals surface area contributed by atoms with Gasteiger partial charge in [-0.2, -0.15) is 0 Å². The second kappa shape index (κ2) is 8.02. The standard InChI is InChI=1S/C22H28N2O2/c1-22(2,24-13-12-18-6-4-5-7-20(18)14-24)16-23-21(25)19-10-8-17(9-11-19)15-26-3/h4-11H,12-16H2,1-3H3,(H,23,25). The van der Waals surface area contributed by atoms with Gasteiger partial charge in [-0.3, -0.25) is 9.69 Å². The van der Waals surface area contributed by atoms with Crippen LogP contribution in [0.15, 0.2) is 48.5 Å². The fourth-order valence-electron chi connectivity index (χ4n) is 3.44. The predicted molar refractivity (Wildman–Crippen MR) is 104 cm³/mol. The van der Waals surface area contributed by atoms with E-state index in [1.807, 2.05) is 24.3 Å². The summed E-state index contributed by atoms with van der Waals surface area (Å²) in [6.07, 6.45) is 1.06. The number of methoxy groups -OCH3 is 1. The summed E-state index contributed by atoms with van der Waals surface area (Å²) in [5.41, 5.74) is 4.49. The van der Waals surface area contributed by atoms with Crippen molar-refractivity contribution >= 4 is 5.91 Å². The number of ether oxygens (including phenoxy) is 1. The average Bonchev–Trinajstić information content (AvgIpc) is 2.66. The first-order chi connectivity index (χ1) is 12.5. The van der Waals surface area contributed by atoms with Crippen molar-refractivity contribution in [2.75, 3.05) is 20.2 Å². The van der Waals surface area contributed by atoms with Crippen molar-refractivity contribution in [1.29, 1.82) is 0 Å². The number of amides is 1. The van der Waals surface area contributed by atoms with E-state index >= 15 is 0 Å². The van der Waals surface area contributed by atoms with Crippen LogP contribution in [0, 0.1) is 0 Å². The zero-order valence-electron chi connectivity index (χ0n) is 15.9. The second-order valence-corrected chi connectivity index (χ2v) is 7.57. The lowest BCUT2D eigenvalue weighted by Gasteiger charge is -2.41. The number of fused-ring (bicyclic) bond motifs is 1. The molecule has 0 unspecified atom stereocenters. The second-order valence-electron chi connectivity index (χ2n) is 7.57. The van der Waals surface area contributed by atoms with Crippen molar-refractivity contribution in [3.8, 4) is 0 Å². The first-order valence-electron chi connectivity index (χ1n) is 9.17. The van der Waals surface area contributed by atoms with E-state index in [-0.39, 0.29) is 11.4 Å². The molecule has 1 aliphatic heterocycles. The number of hydrogen-bond donors (Lipinski definition) is 1. The Labute approximate surface area is 156 Å². The molecule has 3 rings (SSSR count). The Morgan fingerprint density at radius 2 is 1.81 bits per heavy atom. The molecule has 0 spiro atoms. The Bertz CT molecular complexity index is 753. The molecule has 0 atom stereocenters. The Hall–Kier alpha value is -2.17. The topological polar surface area (TPSA) is 41.6 Å². The first-order valence-corrected chi connectivity index (χ1v) is 9.17. The summed E-state index contributed by atoms with van der Waals surface area (Å²) in [6.45, 7) is 7.53. The maximum atomic E-state index is 12.5. The fraction of sp³-hybridized carbons (Fsp3) is 0.409. The monoisotopic (exact) mass is 352 g/mol. The fourth-order valence-corrected chi connectivity index (χ4v) is 3.44. The molecule has 1 aliphatic rings. The molecule has 0 bridgehead atoms. The van der Waals surface area contributed by atoms with Crippen molar-refractivity contribution in [1.82, 2.24) is 10.2 Å². The molecule has 2 aromatic rings. The van der Waals surface area contributed by atoms with Gasteiger partial charge in [-0.05, 0) is 49.1 Å². The van der Waals surface area contributed by atoms with Gasteiger partial charge < -0.3 is 10.1 Å². The van der Waals surface area contributed by atoms with Gasteiger partial charge >= 0.3 is 0 Å². The van der Waals surface area contributed by atoms with Crippen LogP contribution in [0.4, 0.5) is 0 Å². The van der Waals surface area contributed by atoms with E-state index in [0.717, 1.165) is 25.1 Å². The molecule has 26 heavy (non-hydrogen) atoms. The van der Waals surface area contributed by atoms with Crippen molar-refractivity contribution in [2.45, 2.75) is 39.0 Å². The minimum absolute atomic E-state index is 0.0283. The van der Waals surface area contributed by atoms with Crippen molar-refractivity contribution in [3.63, 3.8) is 0 Å². The highest BCUT2D eigenvalue weighted by molar-refractivity contribution is 5.94. The third-order valence-electron chi connectivity index (χ3n) is 5.20. The van der Waals surface area contributed by atoms with Gasteiger partial charge in [0, 0.05) is 37.8 Å². The SMILES string of the molecule is COCc1ccc(C(=O)NCC(C)(C)N2CCc3ccccc3C2)cc1. The Morgan fingerprint density at radius 1 is 1.12 bits per heavy atom.